The van der Waals surface area contributed by atoms with Crippen LogP contribution in [0.5, 0.6) is 0 Å². The Hall–Kier alpha value is -0.980. The monoisotopic (exact) mass is 262 g/mol. The molecule has 0 heterocycles. The zero-order chi connectivity index (χ0) is 13.0. The van der Waals surface area contributed by atoms with Gasteiger partial charge in [-0.25, -0.2) is 8.78 Å². The van der Waals surface area contributed by atoms with Crippen LogP contribution in [0, 0.1) is 11.6 Å². The van der Waals surface area contributed by atoms with Crippen molar-refractivity contribution in [2.45, 2.75) is 19.1 Å². The molecule has 0 aliphatic rings. The largest absolute Gasteiger partial charge is 0.389 e. The summed E-state index contributed by atoms with van der Waals surface area (Å²) in [6.45, 7) is 1.31. The summed E-state index contributed by atoms with van der Waals surface area (Å²) in [6.07, 6.45) is -2.89. The smallest absolute Gasteiger partial charge is 0.185 e. The summed E-state index contributed by atoms with van der Waals surface area (Å²) >= 11 is 0.807. The van der Waals surface area contributed by atoms with E-state index in [-0.39, 0.29) is 16.4 Å². The molecule has 2 N–H and O–H groups in total. The number of hydrogen-bond acceptors (Lipinski definition) is 4. The van der Waals surface area contributed by atoms with E-state index in [1.165, 1.54) is 19.1 Å². The average molecular weight is 262 g/mol. The van der Waals surface area contributed by atoms with E-state index < -0.39 is 23.8 Å². The van der Waals surface area contributed by atoms with E-state index in [1.54, 1.807) is 0 Å². The van der Waals surface area contributed by atoms with Gasteiger partial charge in [-0.1, -0.05) is 23.9 Å². The molecule has 0 aliphatic carbocycles. The molecular formula is C11H12F2O3S. The third-order valence-electron chi connectivity index (χ3n) is 2.12. The van der Waals surface area contributed by atoms with E-state index in [4.69, 9.17) is 0 Å². The Morgan fingerprint density at radius 3 is 2.65 bits per heavy atom. The number of rotatable bonds is 4. The maximum absolute atomic E-state index is 13.3. The Morgan fingerprint density at radius 2 is 2.06 bits per heavy atom. The topological polar surface area (TPSA) is 57.5 Å². The summed E-state index contributed by atoms with van der Waals surface area (Å²) in [7, 11) is 0. The molecule has 0 aromatic heterocycles. The fourth-order valence-corrected chi connectivity index (χ4v) is 1.84. The minimum absolute atomic E-state index is 0.0769. The first-order chi connectivity index (χ1) is 7.93. The molecule has 0 saturated carbocycles. The van der Waals surface area contributed by atoms with Gasteiger partial charge in [0.1, 0.15) is 6.10 Å². The van der Waals surface area contributed by atoms with Gasteiger partial charge in [0.2, 0.25) is 0 Å². The van der Waals surface area contributed by atoms with Gasteiger partial charge in [-0.3, -0.25) is 4.79 Å². The Bertz CT molecular complexity index is 412. The molecular weight excluding hydrogens is 250 g/mol. The third kappa shape index (κ3) is 3.76. The highest BCUT2D eigenvalue weighted by molar-refractivity contribution is 8.13. The number of thioether (sulfide) groups is 1. The van der Waals surface area contributed by atoms with Crippen molar-refractivity contribution in [2.75, 3.05) is 5.75 Å². The number of halogens is 2. The lowest BCUT2D eigenvalue weighted by Gasteiger charge is -2.17. The van der Waals surface area contributed by atoms with E-state index in [0.29, 0.717) is 0 Å². The number of benzene rings is 1. The summed E-state index contributed by atoms with van der Waals surface area (Å²) < 4.78 is 26.2. The van der Waals surface area contributed by atoms with Gasteiger partial charge >= 0.3 is 0 Å². The van der Waals surface area contributed by atoms with Crippen LogP contribution in [0.15, 0.2) is 18.2 Å². The molecule has 6 heteroatoms. The van der Waals surface area contributed by atoms with Crippen molar-refractivity contribution in [1.82, 2.24) is 0 Å². The molecule has 1 aromatic carbocycles. The maximum Gasteiger partial charge on any atom is 0.185 e. The quantitative estimate of drug-likeness (QED) is 0.866. The second-order valence-electron chi connectivity index (χ2n) is 3.46. The number of aliphatic hydroxyl groups is 2. The standard InChI is InChI=1S/C11H12F2O3S/c1-6(14)17-5-9(15)11(16)7-3-2-4-8(12)10(7)13/h2-4,9,11,15-16H,5H2,1H3. The molecule has 3 nitrogen and oxygen atoms in total. The summed E-state index contributed by atoms with van der Waals surface area (Å²) in [6, 6.07) is 3.34. The van der Waals surface area contributed by atoms with Crippen molar-refractivity contribution in [2.24, 2.45) is 0 Å². The molecule has 0 saturated heterocycles. The van der Waals surface area contributed by atoms with Gasteiger partial charge in [0.25, 0.3) is 0 Å². The van der Waals surface area contributed by atoms with Crippen LogP contribution >= 0.6 is 11.8 Å². The van der Waals surface area contributed by atoms with Gasteiger partial charge in [-0.05, 0) is 6.07 Å². The van der Waals surface area contributed by atoms with Crippen molar-refractivity contribution in [3.63, 3.8) is 0 Å². The lowest BCUT2D eigenvalue weighted by atomic mass is 10.0. The Balaban J connectivity index is 2.77. The second-order valence-corrected chi connectivity index (χ2v) is 4.65. The molecule has 1 aromatic rings. The summed E-state index contributed by atoms with van der Waals surface area (Å²) in [5.74, 6) is -2.35. The molecule has 0 bridgehead atoms. The number of hydrogen-bond donors (Lipinski definition) is 2. The SMILES string of the molecule is CC(=O)SCC(O)C(O)c1cccc(F)c1F. The van der Waals surface area contributed by atoms with Gasteiger partial charge in [-0.2, -0.15) is 0 Å². The summed E-state index contributed by atoms with van der Waals surface area (Å²) in [5, 5.41) is 18.9. The predicted molar refractivity (Wildman–Crippen MR) is 60.5 cm³/mol. The molecule has 2 unspecified atom stereocenters. The zero-order valence-corrected chi connectivity index (χ0v) is 9.88. The van der Waals surface area contributed by atoms with Gasteiger partial charge in [0.05, 0.1) is 6.10 Å². The molecule has 0 amide bonds. The number of carbonyl (C=O) groups is 1. The molecule has 1 rings (SSSR count). The van der Waals surface area contributed by atoms with E-state index in [0.717, 1.165) is 17.8 Å². The van der Waals surface area contributed by atoms with Crippen LogP contribution in [0.1, 0.15) is 18.6 Å². The van der Waals surface area contributed by atoms with Gasteiger partial charge < -0.3 is 10.2 Å². The Labute approximate surface area is 101 Å². The lowest BCUT2D eigenvalue weighted by molar-refractivity contribution is -0.109. The van der Waals surface area contributed by atoms with E-state index in [9.17, 15) is 23.8 Å². The van der Waals surface area contributed by atoms with Crippen LogP contribution in [0.3, 0.4) is 0 Å². The first-order valence-electron chi connectivity index (χ1n) is 4.87. The van der Waals surface area contributed by atoms with Crippen LogP contribution in [0.4, 0.5) is 8.78 Å². The minimum atomic E-state index is -1.56. The lowest BCUT2D eigenvalue weighted by Crippen LogP contribution is -2.22. The molecule has 0 radical (unpaired) electrons. The molecule has 0 aliphatic heterocycles. The zero-order valence-electron chi connectivity index (χ0n) is 9.06. The fraction of sp³-hybridized carbons (Fsp3) is 0.364. The molecule has 94 valence electrons. The van der Waals surface area contributed by atoms with Crippen LogP contribution in [-0.2, 0) is 4.79 Å². The Morgan fingerprint density at radius 1 is 1.41 bits per heavy atom. The first-order valence-corrected chi connectivity index (χ1v) is 5.85. The minimum Gasteiger partial charge on any atom is -0.389 e. The highest BCUT2D eigenvalue weighted by atomic mass is 32.2. The van der Waals surface area contributed by atoms with Crippen LogP contribution in [0.2, 0.25) is 0 Å². The van der Waals surface area contributed by atoms with E-state index in [2.05, 4.69) is 0 Å². The highest BCUT2D eigenvalue weighted by Crippen LogP contribution is 2.23. The van der Waals surface area contributed by atoms with Gasteiger partial charge in [0.15, 0.2) is 16.7 Å². The number of carbonyl (C=O) groups excluding carboxylic acids is 1. The van der Waals surface area contributed by atoms with Crippen LogP contribution in [-0.4, -0.2) is 27.2 Å². The molecule has 0 spiro atoms. The van der Waals surface area contributed by atoms with Crippen LogP contribution in [0.25, 0.3) is 0 Å². The summed E-state index contributed by atoms with van der Waals surface area (Å²) in [4.78, 5) is 10.7. The van der Waals surface area contributed by atoms with Crippen molar-refractivity contribution in [3.8, 4) is 0 Å². The highest BCUT2D eigenvalue weighted by Gasteiger charge is 2.23. The van der Waals surface area contributed by atoms with Gasteiger partial charge in [-0.15, -0.1) is 0 Å². The fourth-order valence-electron chi connectivity index (χ4n) is 1.25. The molecule has 0 fully saturated rings. The van der Waals surface area contributed by atoms with Crippen molar-refractivity contribution in [3.05, 3.63) is 35.4 Å². The summed E-state index contributed by atoms with van der Waals surface area (Å²) in [5.41, 5.74) is -0.318. The van der Waals surface area contributed by atoms with Gasteiger partial charge in [0, 0.05) is 18.2 Å². The number of aliphatic hydroxyl groups excluding tert-OH is 2. The van der Waals surface area contributed by atoms with E-state index >= 15 is 0 Å². The second kappa shape index (κ2) is 6.09. The predicted octanol–water partition coefficient (Wildman–Crippen LogP) is 1.64. The maximum atomic E-state index is 13.3. The third-order valence-corrected chi connectivity index (χ3v) is 3.04. The molecule has 17 heavy (non-hydrogen) atoms. The van der Waals surface area contributed by atoms with Crippen molar-refractivity contribution < 1.29 is 23.8 Å². The van der Waals surface area contributed by atoms with Crippen molar-refractivity contribution in [1.29, 1.82) is 0 Å². The van der Waals surface area contributed by atoms with Crippen molar-refractivity contribution >= 4 is 16.9 Å². The van der Waals surface area contributed by atoms with Crippen LogP contribution < -0.4 is 0 Å². The Kier molecular flexibility index (Phi) is 5.04. The average Bonchev–Trinajstić information content (AvgIpc) is 2.28. The first kappa shape index (κ1) is 14.1. The normalized spacial score (nSPS) is 14.4. The molecule has 2 atom stereocenters. The van der Waals surface area contributed by atoms with E-state index in [1.807, 2.05) is 0 Å².